The van der Waals surface area contributed by atoms with E-state index in [1.165, 1.54) is 22.6 Å². The van der Waals surface area contributed by atoms with Crippen molar-refractivity contribution in [3.63, 3.8) is 0 Å². The number of piperazine rings is 1. The number of hydrogen-bond acceptors (Lipinski definition) is 6. The maximum Gasteiger partial charge on any atom is 0.275 e. The maximum atomic E-state index is 12.9. The molecule has 7 heteroatoms. The molecule has 2 N–H and O–H groups in total. The van der Waals surface area contributed by atoms with Gasteiger partial charge in [-0.2, -0.15) is 0 Å². The summed E-state index contributed by atoms with van der Waals surface area (Å²) >= 11 is 1.49. The summed E-state index contributed by atoms with van der Waals surface area (Å²) < 4.78 is 0. The molecule has 0 saturated carbocycles. The third kappa shape index (κ3) is 4.32. The molecule has 0 atom stereocenters. The lowest BCUT2D eigenvalue weighted by molar-refractivity contribution is 0.102. The molecular weight excluding hydrogens is 394 g/mol. The third-order valence-corrected chi connectivity index (χ3v) is 6.16. The standard InChI is InChI=1S/C23H27N5OS/c1-16-14-17(8-9-20(16)27(2)3)23-26-19(15-30-23)22(29)25-18-6-4-5-7-21(18)28-12-10-24-11-13-28/h4-9,14-15,24H,10-13H2,1-3H3,(H,25,29). The number of hydrogen-bond donors (Lipinski definition) is 2. The fourth-order valence-corrected chi connectivity index (χ4v) is 4.55. The zero-order chi connectivity index (χ0) is 21.1. The number of amides is 1. The quantitative estimate of drug-likeness (QED) is 0.655. The molecule has 0 aliphatic carbocycles. The number of nitrogens with one attached hydrogen (secondary N) is 2. The third-order valence-electron chi connectivity index (χ3n) is 5.27. The Balaban J connectivity index is 1.52. The first kappa shape index (κ1) is 20.4. The van der Waals surface area contributed by atoms with Gasteiger partial charge >= 0.3 is 0 Å². The highest BCUT2D eigenvalue weighted by Crippen LogP contribution is 2.30. The van der Waals surface area contributed by atoms with E-state index < -0.39 is 0 Å². The number of benzene rings is 2. The Morgan fingerprint density at radius 1 is 1.17 bits per heavy atom. The number of thiazole rings is 1. The van der Waals surface area contributed by atoms with Crippen LogP contribution in [-0.4, -0.2) is 51.2 Å². The Bertz CT molecular complexity index is 1040. The van der Waals surface area contributed by atoms with Gasteiger partial charge in [-0.05, 0) is 42.8 Å². The summed E-state index contributed by atoms with van der Waals surface area (Å²) in [4.78, 5) is 21.9. The first-order valence-electron chi connectivity index (χ1n) is 10.1. The molecule has 30 heavy (non-hydrogen) atoms. The van der Waals surface area contributed by atoms with E-state index in [-0.39, 0.29) is 5.91 Å². The minimum absolute atomic E-state index is 0.179. The van der Waals surface area contributed by atoms with Gasteiger partial charge in [0.2, 0.25) is 0 Å². The molecule has 1 aromatic heterocycles. The van der Waals surface area contributed by atoms with E-state index in [9.17, 15) is 4.79 Å². The average Bonchev–Trinajstić information content (AvgIpc) is 3.25. The molecule has 1 amide bonds. The summed E-state index contributed by atoms with van der Waals surface area (Å²) in [6, 6.07) is 14.2. The Hall–Kier alpha value is -2.90. The van der Waals surface area contributed by atoms with Gasteiger partial charge in [-0.25, -0.2) is 4.98 Å². The average molecular weight is 422 g/mol. The molecule has 0 bridgehead atoms. The van der Waals surface area contributed by atoms with Gasteiger partial charge in [-0.1, -0.05) is 12.1 Å². The summed E-state index contributed by atoms with van der Waals surface area (Å²) in [7, 11) is 4.07. The van der Waals surface area contributed by atoms with E-state index in [4.69, 9.17) is 0 Å². The zero-order valence-corrected chi connectivity index (χ0v) is 18.4. The minimum Gasteiger partial charge on any atom is -0.377 e. The van der Waals surface area contributed by atoms with E-state index in [2.05, 4.69) is 56.6 Å². The van der Waals surface area contributed by atoms with Crippen LogP contribution in [0, 0.1) is 6.92 Å². The first-order valence-corrected chi connectivity index (χ1v) is 11.0. The predicted molar refractivity (Wildman–Crippen MR) is 126 cm³/mol. The van der Waals surface area contributed by atoms with Crippen LogP contribution in [0.3, 0.4) is 0 Å². The number of carbonyl (C=O) groups excluding carboxylic acids is 1. The smallest absolute Gasteiger partial charge is 0.275 e. The SMILES string of the molecule is Cc1cc(-c2nc(C(=O)Nc3ccccc3N3CCNCC3)cs2)ccc1N(C)C. The highest BCUT2D eigenvalue weighted by atomic mass is 32.1. The number of aryl methyl sites for hydroxylation is 1. The minimum atomic E-state index is -0.179. The van der Waals surface area contributed by atoms with Crippen molar-refractivity contribution in [2.75, 3.05) is 55.4 Å². The Morgan fingerprint density at radius 2 is 1.93 bits per heavy atom. The first-order chi connectivity index (χ1) is 14.5. The van der Waals surface area contributed by atoms with Crippen molar-refractivity contribution in [3.05, 3.63) is 59.1 Å². The van der Waals surface area contributed by atoms with Crippen LogP contribution < -0.4 is 20.4 Å². The lowest BCUT2D eigenvalue weighted by Crippen LogP contribution is -2.43. The topological polar surface area (TPSA) is 60.5 Å². The summed E-state index contributed by atoms with van der Waals surface area (Å²) in [6.07, 6.45) is 0. The summed E-state index contributed by atoms with van der Waals surface area (Å²) in [6.45, 7) is 5.84. The van der Waals surface area contributed by atoms with Gasteiger partial charge in [0.1, 0.15) is 10.7 Å². The fraction of sp³-hybridized carbons (Fsp3) is 0.304. The number of rotatable bonds is 5. The van der Waals surface area contributed by atoms with Gasteiger partial charge in [0, 0.05) is 56.9 Å². The van der Waals surface area contributed by atoms with E-state index >= 15 is 0 Å². The molecule has 2 heterocycles. The lowest BCUT2D eigenvalue weighted by atomic mass is 10.1. The van der Waals surface area contributed by atoms with Gasteiger partial charge in [-0.15, -0.1) is 11.3 Å². The summed E-state index contributed by atoms with van der Waals surface area (Å²) in [5, 5.41) is 9.10. The molecule has 156 valence electrons. The van der Waals surface area contributed by atoms with Crippen molar-refractivity contribution < 1.29 is 4.79 Å². The second-order valence-electron chi connectivity index (χ2n) is 7.64. The number of anilines is 3. The summed E-state index contributed by atoms with van der Waals surface area (Å²) in [5.74, 6) is -0.179. The van der Waals surface area contributed by atoms with Crippen LogP contribution in [-0.2, 0) is 0 Å². The largest absolute Gasteiger partial charge is 0.377 e. The van der Waals surface area contributed by atoms with Crippen molar-refractivity contribution in [1.82, 2.24) is 10.3 Å². The molecule has 0 radical (unpaired) electrons. The molecule has 1 aliphatic heterocycles. The molecule has 0 unspecified atom stereocenters. The van der Waals surface area contributed by atoms with Crippen molar-refractivity contribution >= 4 is 34.3 Å². The van der Waals surface area contributed by atoms with Gasteiger partial charge in [0.25, 0.3) is 5.91 Å². The lowest BCUT2D eigenvalue weighted by Gasteiger charge is -2.31. The Labute approximate surface area is 181 Å². The normalized spacial score (nSPS) is 13.9. The monoisotopic (exact) mass is 421 g/mol. The molecule has 3 aromatic rings. The molecular formula is C23H27N5OS. The Morgan fingerprint density at radius 3 is 2.67 bits per heavy atom. The second kappa shape index (κ2) is 8.85. The summed E-state index contributed by atoms with van der Waals surface area (Å²) in [5.41, 5.74) is 5.71. The van der Waals surface area contributed by atoms with Gasteiger partial charge < -0.3 is 20.4 Å². The van der Waals surface area contributed by atoms with Crippen LogP contribution >= 0.6 is 11.3 Å². The highest BCUT2D eigenvalue weighted by Gasteiger charge is 2.18. The van der Waals surface area contributed by atoms with Crippen LogP contribution in [0.5, 0.6) is 0 Å². The second-order valence-corrected chi connectivity index (χ2v) is 8.50. The molecule has 1 aliphatic rings. The van der Waals surface area contributed by atoms with E-state index in [1.54, 1.807) is 0 Å². The molecule has 4 rings (SSSR count). The van der Waals surface area contributed by atoms with Crippen molar-refractivity contribution in [1.29, 1.82) is 0 Å². The molecule has 0 spiro atoms. The van der Waals surface area contributed by atoms with Crippen LogP contribution in [0.2, 0.25) is 0 Å². The van der Waals surface area contributed by atoms with Gasteiger partial charge in [-0.3, -0.25) is 4.79 Å². The van der Waals surface area contributed by atoms with Crippen LogP contribution in [0.25, 0.3) is 10.6 Å². The number of para-hydroxylation sites is 2. The number of carbonyl (C=O) groups is 1. The van der Waals surface area contributed by atoms with E-state index in [1.807, 2.05) is 37.7 Å². The van der Waals surface area contributed by atoms with Crippen LogP contribution in [0.15, 0.2) is 47.8 Å². The van der Waals surface area contributed by atoms with Crippen molar-refractivity contribution in [2.24, 2.45) is 0 Å². The predicted octanol–water partition coefficient (Wildman–Crippen LogP) is 3.85. The van der Waals surface area contributed by atoms with Crippen molar-refractivity contribution in [2.45, 2.75) is 6.92 Å². The zero-order valence-electron chi connectivity index (χ0n) is 17.6. The highest BCUT2D eigenvalue weighted by molar-refractivity contribution is 7.13. The number of aromatic nitrogens is 1. The molecule has 2 aromatic carbocycles. The number of nitrogens with zero attached hydrogens (tertiary/aromatic N) is 3. The molecule has 1 saturated heterocycles. The van der Waals surface area contributed by atoms with Gasteiger partial charge in [0.15, 0.2) is 0 Å². The maximum absolute atomic E-state index is 12.9. The molecule has 6 nitrogen and oxygen atoms in total. The van der Waals surface area contributed by atoms with E-state index in [0.29, 0.717) is 5.69 Å². The van der Waals surface area contributed by atoms with Crippen LogP contribution in [0.4, 0.5) is 17.1 Å². The van der Waals surface area contributed by atoms with Gasteiger partial charge in [0.05, 0.1) is 11.4 Å². The van der Waals surface area contributed by atoms with Crippen LogP contribution in [0.1, 0.15) is 16.1 Å². The Kier molecular flexibility index (Phi) is 6.01. The fourth-order valence-electron chi connectivity index (χ4n) is 3.75. The van der Waals surface area contributed by atoms with Crippen molar-refractivity contribution in [3.8, 4) is 10.6 Å². The molecule has 1 fully saturated rings. The van der Waals surface area contributed by atoms with E-state index in [0.717, 1.165) is 48.1 Å².